The molecule has 28 heavy (non-hydrogen) atoms. The van der Waals surface area contributed by atoms with Crippen LogP contribution in [-0.2, 0) is 35.7 Å². The number of halogens is 3. The molecule has 1 heterocycles. The topological polar surface area (TPSA) is 95.7 Å². The minimum atomic E-state index is -5.16. The number of hydrogen-bond donors (Lipinski definition) is 1. The van der Waals surface area contributed by atoms with E-state index in [1.165, 1.54) is 30.3 Å². The van der Waals surface area contributed by atoms with Crippen molar-refractivity contribution in [1.29, 1.82) is 0 Å². The van der Waals surface area contributed by atoms with E-state index in [1.54, 1.807) is 0 Å². The van der Waals surface area contributed by atoms with Crippen LogP contribution in [0.25, 0.3) is 0 Å². The summed E-state index contributed by atoms with van der Waals surface area (Å²) in [4.78, 5) is 12.7. The van der Waals surface area contributed by atoms with E-state index in [4.69, 9.17) is 14.6 Å². The highest BCUT2D eigenvalue weighted by molar-refractivity contribution is 7.86. The Morgan fingerprint density at radius 3 is 2.32 bits per heavy atom. The largest absolute Gasteiger partial charge is 0.460 e. The Kier molecular flexibility index (Phi) is 4.11. The fraction of sp³-hybridized carbons (Fsp3) is 0.167. The molecule has 10 heteroatoms. The fourth-order valence-corrected chi connectivity index (χ4v) is 3.12. The van der Waals surface area contributed by atoms with Crippen molar-refractivity contribution < 1.29 is 39.4 Å². The first-order chi connectivity index (χ1) is 14.2. The van der Waals surface area contributed by atoms with Gasteiger partial charge in [0.1, 0.15) is 5.70 Å². The molecule has 2 aromatic carbocycles. The van der Waals surface area contributed by atoms with Crippen LogP contribution in [0, 0.1) is 0 Å². The number of ether oxygens (including phenoxy) is 1. The lowest BCUT2D eigenvalue weighted by Crippen LogP contribution is -2.16. The number of nitrogens with two attached hydrogens (primary N) is 1. The molecule has 0 bridgehead atoms. The van der Waals surface area contributed by atoms with Crippen LogP contribution < -0.4 is 5.73 Å². The summed E-state index contributed by atoms with van der Waals surface area (Å²) in [6.45, 7) is 0. The number of hydrogen-bond acceptors (Lipinski definition) is 6. The highest BCUT2D eigenvalue weighted by Gasteiger charge is 2.40. The predicted molar refractivity (Wildman–Crippen MR) is 91.6 cm³/mol. The van der Waals surface area contributed by atoms with Gasteiger partial charge in [0.2, 0.25) is 17.4 Å². The molecular weight excluding hydrogens is 399 g/mol. The van der Waals surface area contributed by atoms with Crippen molar-refractivity contribution in [3.05, 3.63) is 82.9 Å². The van der Waals surface area contributed by atoms with E-state index in [-0.39, 0.29) is 11.1 Å². The van der Waals surface area contributed by atoms with E-state index < -0.39 is 51.1 Å². The Labute approximate surface area is 162 Å². The minimum absolute atomic E-state index is 0.291. The summed E-state index contributed by atoms with van der Waals surface area (Å²) in [6, 6.07) is 9.51. The predicted octanol–water partition coefficient (Wildman–Crippen LogP) is 3.02. The Hall–Kier alpha value is -3.01. The van der Waals surface area contributed by atoms with Gasteiger partial charge in [-0.1, -0.05) is 42.5 Å². The molecule has 0 radical (unpaired) electrons. The molecule has 0 fully saturated rings. The molecule has 3 rings (SSSR count). The summed E-state index contributed by atoms with van der Waals surface area (Å²) in [5.74, 6) is -3.49. The van der Waals surface area contributed by atoms with Crippen molar-refractivity contribution in [2.24, 2.45) is 5.73 Å². The molecule has 1 atom stereocenters. The molecule has 0 saturated carbocycles. The lowest BCUT2D eigenvalue weighted by Gasteiger charge is -2.12. The standard InChI is InChI=1S/C18H14F3NO5S/c19-18(20,21)13-8-6-12(7-9-13)15-14(23)16(17(22)26-15)27-28(24,25)10-11-4-2-1-3-5-11/h1-9,15H,10,22H2/t15-/m1/s1/i10D2,15D. The second-order valence-electron chi connectivity index (χ2n) is 5.53. The normalized spacial score (nSPS) is 22.2. The summed E-state index contributed by atoms with van der Waals surface area (Å²) in [7, 11) is -5.16. The van der Waals surface area contributed by atoms with E-state index in [0.717, 1.165) is 12.1 Å². The van der Waals surface area contributed by atoms with Gasteiger partial charge >= 0.3 is 16.3 Å². The van der Waals surface area contributed by atoms with Crippen LogP contribution in [0.2, 0.25) is 0 Å². The molecule has 6 nitrogen and oxygen atoms in total. The molecule has 0 aromatic heterocycles. The molecule has 1 aliphatic rings. The third kappa shape index (κ3) is 4.28. The van der Waals surface area contributed by atoms with Crippen molar-refractivity contribution in [3.8, 4) is 0 Å². The SMILES string of the molecule is [2H]C([2H])(c1ccccc1)S(=O)(=O)OC1=C(N)O[C@]([2H])(c2ccc(C(F)(F)F)cc2)C1=O. The van der Waals surface area contributed by atoms with E-state index in [1.807, 2.05) is 0 Å². The van der Waals surface area contributed by atoms with Gasteiger partial charge < -0.3 is 14.7 Å². The lowest BCUT2D eigenvalue weighted by molar-refractivity contribution is -0.137. The lowest BCUT2D eigenvalue weighted by atomic mass is 10.0. The molecule has 2 aromatic rings. The molecule has 148 valence electrons. The van der Waals surface area contributed by atoms with Gasteiger partial charge in [-0.05, 0) is 17.7 Å². The zero-order valence-corrected chi connectivity index (χ0v) is 14.7. The quantitative estimate of drug-likeness (QED) is 0.753. The van der Waals surface area contributed by atoms with Crippen molar-refractivity contribution in [2.75, 3.05) is 0 Å². The van der Waals surface area contributed by atoms with Gasteiger partial charge in [0, 0.05) is 5.56 Å². The van der Waals surface area contributed by atoms with Gasteiger partial charge in [0.25, 0.3) is 0 Å². The highest BCUT2D eigenvalue weighted by atomic mass is 32.2. The first-order valence-electron chi connectivity index (χ1n) is 9.11. The molecular formula is C18H14F3NO5S. The summed E-state index contributed by atoms with van der Waals surface area (Å²) in [5, 5.41) is 0. The molecule has 0 saturated heterocycles. The number of carbonyl (C=O) groups is 1. The van der Waals surface area contributed by atoms with Gasteiger partial charge in [-0.25, -0.2) is 0 Å². The van der Waals surface area contributed by atoms with Gasteiger partial charge in [-0.2, -0.15) is 21.6 Å². The number of carbonyl (C=O) groups excluding carboxylic acids is 1. The highest BCUT2D eigenvalue weighted by Crippen LogP contribution is 2.35. The zero-order chi connectivity index (χ0) is 23.2. The maximum Gasteiger partial charge on any atom is 0.416 e. The Morgan fingerprint density at radius 2 is 1.75 bits per heavy atom. The zero-order valence-electron chi connectivity index (χ0n) is 16.9. The van der Waals surface area contributed by atoms with E-state index in [9.17, 15) is 26.4 Å². The molecule has 1 aliphatic heterocycles. The monoisotopic (exact) mass is 416 g/mol. The van der Waals surface area contributed by atoms with Crippen molar-refractivity contribution in [2.45, 2.75) is 18.0 Å². The van der Waals surface area contributed by atoms with Crippen molar-refractivity contribution >= 4 is 15.9 Å². The van der Waals surface area contributed by atoms with E-state index >= 15 is 0 Å². The van der Waals surface area contributed by atoms with Gasteiger partial charge in [-0.3, -0.25) is 4.79 Å². The van der Waals surface area contributed by atoms with Crippen LogP contribution >= 0.6 is 0 Å². The second-order valence-corrected chi connectivity index (χ2v) is 6.81. The van der Waals surface area contributed by atoms with Crippen LogP contribution in [0.15, 0.2) is 66.2 Å². The third-order valence-corrected chi connectivity index (χ3v) is 4.40. The first kappa shape index (κ1) is 16.0. The molecule has 2 N–H and O–H groups in total. The maximum atomic E-state index is 12.7. The smallest absolute Gasteiger partial charge is 0.416 e. The number of Topliss-reactive ketones (excluding diaryl/α,β-unsaturated/α-hetero) is 1. The summed E-state index contributed by atoms with van der Waals surface area (Å²) in [5.41, 5.74) is 0.705. The average molecular weight is 416 g/mol. The molecule has 0 amide bonds. The Bertz CT molecular complexity index is 1150. The van der Waals surface area contributed by atoms with Crippen LogP contribution in [0.3, 0.4) is 0 Å². The first-order valence-corrected chi connectivity index (χ1v) is 9.02. The van der Waals surface area contributed by atoms with E-state index in [0.29, 0.717) is 12.1 Å². The number of benzene rings is 2. The van der Waals surface area contributed by atoms with Gasteiger partial charge in [0.05, 0.1) is 9.68 Å². The summed E-state index contributed by atoms with van der Waals surface area (Å²) < 4.78 is 96.8. The van der Waals surface area contributed by atoms with Crippen molar-refractivity contribution in [3.63, 3.8) is 0 Å². The number of ketones is 1. The van der Waals surface area contributed by atoms with Crippen molar-refractivity contribution in [1.82, 2.24) is 0 Å². The van der Waals surface area contributed by atoms with Crippen LogP contribution in [0.1, 0.15) is 26.9 Å². The van der Waals surface area contributed by atoms with E-state index in [2.05, 4.69) is 4.18 Å². The fourth-order valence-electron chi connectivity index (χ4n) is 2.28. The second kappa shape index (κ2) is 7.19. The Morgan fingerprint density at radius 1 is 1.14 bits per heavy atom. The summed E-state index contributed by atoms with van der Waals surface area (Å²) >= 11 is 0. The van der Waals surface area contributed by atoms with Gasteiger partial charge in [0.15, 0.2) is 6.08 Å². The van der Waals surface area contributed by atoms with Crippen LogP contribution in [0.5, 0.6) is 0 Å². The average Bonchev–Trinajstić information content (AvgIpc) is 2.91. The summed E-state index contributed by atoms with van der Waals surface area (Å²) in [6.07, 6.45) is -7.37. The number of alkyl halides is 3. The maximum absolute atomic E-state index is 12.7. The molecule has 0 spiro atoms. The van der Waals surface area contributed by atoms with Gasteiger partial charge in [-0.15, -0.1) is 0 Å². The minimum Gasteiger partial charge on any atom is -0.460 e. The third-order valence-electron chi connectivity index (χ3n) is 3.53. The van der Waals surface area contributed by atoms with Crippen LogP contribution in [0.4, 0.5) is 13.2 Å². The van der Waals surface area contributed by atoms with Crippen LogP contribution in [-0.4, -0.2) is 14.2 Å². The number of rotatable bonds is 5. The molecule has 0 aliphatic carbocycles. The Balaban J connectivity index is 1.91. The molecule has 0 unspecified atom stereocenters.